The molecule has 0 aliphatic carbocycles. The predicted molar refractivity (Wildman–Crippen MR) is 50.4 cm³/mol. The van der Waals surface area contributed by atoms with Gasteiger partial charge in [0.15, 0.2) is 5.69 Å². The van der Waals surface area contributed by atoms with E-state index >= 15 is 0 Å². The first kappa shape index (κ1) is 12.1. The van der Waals surface area contributed by atoms with Crippen LogP contribution in [-0.4, -0.2) is 9.91 Å². The highest BCUT2D eigenvalue weighted by Gasteiger charge is 2.25. The number of pyridine rings is 1. The van der Waals surface area contributed by atoms with Gasteiger partial charge in [0.25, 0.3) is 12.1 Å². The lowest BCUT2D eigenvalue weighted by atomic mass is 10.2. The number of nitrogens with zero attached hydrogens (tertiary/aromatic N) is 2. The summed E-state index contributed by atoms with van der Waals surface area (Å²) in [4.78, 5) is 12.8. The number of halogens is 4. The second kappa shape index (κ2) is 4.67. The number of aromatic nitrogens is 1. The van der Waals surface area contributed by atoms with E-state index in [0.29, 0.717) is 0 Å². The molecule has 0 amide bonds. The summed E-state index contributed by atoms with van der Waals surface area (Å²) < 4.78 is 24.8. The number of alkyl halides is 3. The van der Waals surface area contributed by atoms with Gasteiger partial charge >= 0.3 is 0 Å². The van der Waals surface area contributed by atoms with Crippen LogP contribution in [0.3, 0.4) is 0 Å². The van der Waals surface area contributed by atoms with Crippen molar-refractivity contribution in [1.29, 1.82) is 0 Å². The third-order valence-electron chi connectivity index (χ3n) is 1.59. The Balaban J connectivity index is 3.38. The second-order valence-corrected chi connectivity index (χ2v) is 3.19. The maximum absolute atomic E-state index is 12.4. The van der Waals surface area contributed by atoms with Crippen molar-refractivity contribution in [1.82, 2.24) is 4.98 Å². The molecule has 0 spiro atoms. The van der Waals surface area contributed by atoms with E-state index in [1.54, 1.807) is 0 Å². The maximum atomic E-state index is 12.4. The van der Waals surface area contributed by atoms with Gasteiger partial charge in [-0.2, -0.15) is 0 Å². The summed E-state index contributed by atoms with van der Waals surface area (Å²) in [5.41, 5.74) is -1.72. The number of rotatable bonds is 3. The topological polar surface area (TPSA) is 56.0 Å². The fourth-order valence-corrected chi connectivity index (χ4v) is 1.42. The number of nitro groups is 1. The molecule has 1 rings (SSSR count). The average Bonchev–Trinajstić information content (AvgIpc) is 2.16. The van der Waals surface area contributed by atoms with Crippen LogP contribution >= 0.6 is 23.2 Å². The van der Waals surface area contributed by atoms with Gasteiger partial charge in [-0.25, -0.2) is 13.8 Å². The molecular weight excluding hydrogens is 253 g/mol. The molecule has 0 aromatic carbocycles. The van der Waals surface area contributed by atoms with E-state index in [1.807, 2.05) is 0 Å². The quantitative estimate of drug-likeness (QED) is 0.474. The minimum Gasteiger partial charge on any atom is -0.258 e. The zero-order chi connectivity index (χ0) is 11.6. The van der Waals surface area contributed by atoms with Gasteiger partial charge in [0.2, 0.25) is 0 Å². The Kier molecular flexibility index (Phi) is 3.76. The molecule has 1 aromatic heterocycles. The van der Waals surface area contributed by atoms with Gasteiger partial charge in [0.05, 0.1) is 21.5 Å². The van der Waals surface area contributed by atoms with Gasteiger partial charge in [-0.1, -0.05) is 11.6 Å². The van der Waals surface area contributed by atoms with Gasteiger partial charge in [0.1, 0.15) is 0 Å². The largest absolute Gasteiger partial charge is 0.298 e. The van der Waals surface area contributed by atoms with Crippen LogP contribution in [0.15, 0.2) is 6.07 Å². The minimum absolute atomic E-state index is 0.000710. The van der Waals surface area contributed by atoms with Crippen molar-refractivity contribution >= 4 is 28.9 Å². The molecule has 1 aromatic rings. The molecule has 0 fully saturated rings. The van der Waals surface area contributed by atoms with E-state index in [4.69, 9.17) is 23.2 Å². The normalized spacial score (nSPS) is 10.7. The molecule has 4 nitrogen and oxygen atoms in total. The maximum Gasteiger partial charge on any atom is 0.298 e. The summed E-state index contributed by atoms with van der Waals surface area (Å²) in [7, 11) is 0. The highest BCUT2D eigenvalue weighted by molar-refractivity contribution is 6.32. The van der Waals surface area contributed by atoms with Crippen molar-refractivity contribution < 1.29 is 13.7 Å². The van der Waals surface area contributed by atoms with E-state index in [1.165, 1.54) is 0 Å². The molecule has 0 bridgehead atoms. The molecule has 0 radical (unpaired) electrons. The Morgan fingerprint density at radius 3 is 2.60 bits per heavy atom. The Morgan fingerprint density at radius 2 is 2.20 bits per heavy atom. The van der Waals surface area contributed by atoms with Crippen molar-refractivity contribution in [2.45, 2.75) is 12.3 Å². The van der Waals surface area contributed by atoms with Crippen LogP contribution in [0.5, 0.6) is 0 Å². The first-order valence-electron chi connectivity index (χ1n) is 3.65. The summed E-state index contributed by atoms with van der Waals surface area (Å²) in [5, 5.41) is 10.3. The highest BCUT2D eigenvalue weighted by Crippen LogP contribution is 2.31. The monoisotopic (exact) mass is 256 g/mol. The molecule has 0 unspecified atom stereocenters. The average molecular weight is 257 g/mol. The Bertz CT molecular complexity index is 401. The molecule has 0 saturated heterocycles. The number of hydrogen-bond donors (Lipinski definition) is 0. The van der Waals surface area contributed by atoms with Crippen LogP contribution in [-0.2, 0) is 5.88 Å². The van der Waals surface area contributed by atoms with E-state index < -0.39 is 22.7 Å². The summed E-state index contributed by atoms with van der Waals surface area (Å²) in [6.07, 6.45) is -3.04. The van der Waals surface area contributed by atoms with Crippen molar-refractivity contribution in [3.8, 4) is 0 Å². The summed E-state index contributed by atoms with van der Waals surface area (Å²) >= 11 is 10.9. The second-order valence-electron chi connectivity index (χ2n) is 2.51. The van der Waals surface area contributed by atoms with Crippen molar-refractivity contribution in [3.63, 3.8) is 0 Å². The summed E-state index contributed by atoms with van der Waals surface area (Å²) in [6.45, 7) is 0. The molecule has 15 heavy (non-hydrogen) atoms. The standard InChI is InChI=1S/C7H4Cl2F2N2O2/c8-2-4-3(9)1-5(13(14)15)6(12-4)7(10)11/h1,7H,2H2. The third-order valence-corrected chi connectivity index (χ3v) is 2.17. The van der Waals surface area contributed by atoms with Gasteiger partial charge in [-0.05, 0) is 0 Å². The van der Waals surface area contributed by atoms with Crippen LogP contribution in [0, 0.1) is 10.1 Å². The molecule has 0 aliphatic heterocycles. The lowest BCUT2D eigenvalue weighted by Gasteiger charge is -2.04. The molecule has 0 atom stereocenters. The van der Waals surface area contributed by atoms with Crippen LogP contribution in [0.1, 0.15) is 17.8 Å². The van der Waals surface area contributed by atoms with Gasteiger partial charge in [0, 0.05) is 6.07 Å². The lowest BCUT2D eigenvalue weighted by molar-refractivity contribution is -0.386. The molecule has 0 aliphatic rings. The molecular formula is C7H4Cl2F2N2O2. The van der Waals surface area contributed by atoms with E-state index in [-0.39, 0.29) is 16.6 Å². The highest BCUT2D eigenvalue weighted by atomic mass is 35.5. The minimum atomic E-state index is -3.04. The van der Waals surface area contributed by atoms with Crippen LogP contribution in [0.2, 0.25) is 5.02 Å². The van der Waals surface area contributed by atoms with Gasteiger partial charge in [-0.3, -0.25) is 10.1 Å². The van der Waals surface area contributed by atoms with Crippen LogP contribution in [0.4, 0.5) is 14.5 Å². The van der Waals surface area contributed by atoms with Crippen molar-refractivity contribution in [2.24, 2.45) is 0 Å². The van der Waals surface area contributed by atoms with Crippen molar-refractivity contribution in [2.75, 3.05) is 0 Å². The lowest BCUT2D eigenvalue weighted by Crippen LogP contribution is -2.02. The van der Waals surface area contributed by atoms with Crippen molar-refractivity contribution in [3.05, 3.63) is 32.6 Å². The van der Waals surface area contributed by atoms with E-state index in [0.717, 1.165) is 6.07 Å². The van der Waals surface area contributed by atoms with Gasteiger partial charge < -0.3 is 0 Å². The van der Waals surface area contributed by atoms with E-state index in [2.05, 4.69) is 4.98 Å². The molecule has 0 N–H and O–H groups in total. The SMILES string of the molecule is O=[N+]([O-])c1cc(Cl)c(CCl)nc1C(F)F. The fraction of sp³-hybridized carbons (Fsp3) is 0.286. The third kappa shape index (κ3) is 2.51. The summed E-state index contributed by atoms with van der Waals surface area (Å²) in [6, 6.07) is 0.827. The first-order valence-corrected chi connectivity index (χ1v) is 4.56. The Morgan fingerprint density at radius 1 is 1.60 bits per heavy atom. The molecule has 8 heteroatoms. The predicted octanol–water partition coefficient (Wildman–Crippen LogP) is 3.32. The van der Waals surface area contributed by atoms with Crippen LogP contribution < -0.4 is 0 Å². The number of hydrogen-bond acceptors (Lipinski definition) is 3. The van der Waals surface area contributed by atoms with E-state index in [9.17, 15) is 18.9 Å². The Labute approximate surface area is 93.0 Å². The molecule has 0 saturated carbocycles. The smallest absolute Gasteiger partial charge is 0.258 e. The van der Waals surface area contributed by atoms with Crippen LogP contribution in [0.25, 0.3) is 0 Å². The summed E-state index contributed by atoms with van der Waals surface area (Å²) in [5.74, 6) is -0.184. The zero-order valence-electron chi connectivity index (χ0n) is 7.08. The first-order chi connectivity index (χ1) is 6.97. The molecule has 1 heterocycles. The molecule has 82 valence electrons. The fourth-order valence-electron chi connectivity index (χ4n) is 0.934. The zero-order valence-corrected chi connectivity index (χ0v) is 8.60. The Hall–Kier alpha value is -1.01. The van der Waals surface area contributed by atoms with Gasteiger partial charge in [-0.15, -0.1) is 11.6 Å².